The average molecular weight is 397 g/mol. The number of piperidine rings is 1. The molecule has 1 aromatic heterocycles. The molecule has 26 heavy (non-hydrogen) atoms. The maximum absolute atomic E-state index is 12.5. The fourth-order valence-electron chi connectivity index (χ4n) is 3.24. The summed E-state index contributed by atoms with van der Waals surface area (Å²) in [6, 6.07) is 5.27. The molecule has 0 N–H and O–H groups in total. The molecule has 1 fully saturated rings. The van der Waals surface area contributed by atoms with Gasteiger partial charge in [0, 0.05) is 32.5 Å². The number of nitrogens with zero attached hydrogens (tertiary/aromatic N) is 4. The molecule has 140 valence electrons. The van der Waals surface area contributed by atoms with Crippen LogP contribution in [0.4, 0.5) is 0 Å². The third kappa shape index (κ3) is 4.48. The van der Waals surface area contributed by atoms with Crippen molar-refractivity contribution in [3.63, 3.8) is 0 Å². The van der Waals surface area contributed by atoms with Crippen molar-refractivity contribution in [3.05, 3.63) is 40.4 Å². The van der Waals surface area contributed by atoms with Gasteiger partial charge in [0.15, 0.2) is 0 Å². The quantitative estimate of drug-likeness (QED) is 0.698. The number of carbonyl (C=O) groups is 1. The molecule has 1 atom stereocenters. The Morgan fingerprint density at radius 1 is 1.38 bits per heavy atom. The summed E-state index contributed by atoms with van der Waals surface area (Å²) in [4.78, 5) is 14.4. The van der Waals surface area contributed by atoms with Crippen LogP contribution in [-0.2, 0) is 11.8 Å². The van der Waals surface area contributed by atoms with Crippen molar-refractivity contribution in [2.45, 2.75) is 31.6 Å². The molecule has 6 nitrogen and oxygen atoms in total. The normalized spacial score (nSPS) is 17.3. The van der Waals surface area contributed by atoms with Crippen LogP contribution in [0, 0.1) is 0 Å². The summed E-state index contributed by atoms with van der Waals surface area (Å²) in [7, 11) is 1.94. The van der Waals surface area contributed by atoms with Crippen molar-refractivity contribution in [2.75, 3.05) is 19.7 Å². The molecule has 1 aliphatic heterocycles. The summed E-state index contributed by atoms with van der Waals surface area (Å²) in [5, 5.41) is 9.00. The molecule has 1 amide bonds. The monoisotopic (exact) mass is 396 g/mol. The fraction of sp³-hybridized carbons (Fsp3) is 0.500. The standard InChI is InChI=1S/C18H22Cl2N4O2/c1-23-12-21-22-18(23)13-5-3-9-24(11-13)16(25)8-4-10-26-15-7-2-6-14(19)17(15)20/h2,6-7,12-13H,3-5,8-11H2,1H3. The second-order valence-electron chi connectivity index (χ2n) is 6.48. The highest BCUT2D eigenvalue weighted by molar-refractivity contribution is 6.42. The number of aryl methyl sites for hydroxylation is 1. The molecule has 0 spiro atoms. The number of carbonyl (C=O) groups excluding carboxylic acids is 1. The molecule has 3 rings (SSSR count). The Bertz CT molecular complexity index is 765. The van der Waals surface area contributed by atoms with Crippen molar-refractivity contribution in [1.82, 2.24) is 19.7 Å². The lowest BCUT2D eigenvalue weighted by Crippen LogP contribution is -2.39. The van der Waals surface area contributed by atoms with E-state index in [2.05, 4.69) is 10.2 Å². The van der Waals surface area contributed by atoms with Gasteiger partial charge in [-0.05, 0) is 31.4 Å². The van der Waals surface area contributed by atoms with Crippen LogP contribution in [0.25, 0.3) is 0 Å². The van der Waals surface area contributed by atoms with Crippen LogP contribution in [0.2, 0.25) is 10.0 Å². The molecule has 1 unspecified atom stereocenters. The third-order valence-corrected chi connectivity index (χ3v) is 5.40. The van der Waals surface area contributed by atoms with Crippen LogP contribution in [0.1, 0.15) is 37.4 Å². The van der Waals surface area contributed by atoms with E-state index in [0.717, 1.165) is 25.2 Å². The molecule has 2 aromatic rings. The number of halogens is 2. The second-order valence-corrected chi connectivity index (χ2v) is 7.27. The summed E-state index contributed by atoms with van der Waals surface area (Å²) in [6.45, 7) is 1.92. The third-order valence-electron chi connectivity index (χ3n) is 4.59. The van der Waals surface area contributed by atoms with E-state index in [1.54, 1.807) is 24.5 Å². The predicted octanol–water partition coefficient (Wildman–Crippen LogP) is 3.69. The van der Waals surface area contributed by atoms with Crippen molar-refractivity contribution < 1.29 is 9.53 Å². The SMILES string of the molecule is Cn1cnnc1C1CCCN(C(=O)CCCOc2cccc(Cl)c2Cl)C1. The van der Waals surface area contributed by atoms with Crippen LogP contribution < -0.4 is 4.74 Å². The van der Waals surface area contributed by atoms with Gasteiger partial charge in [0.1, 0.15) is 22.9 Å². The number of hydrogen-bond acceptors (Lipinski definition) is 4. The highest BCUT2D eigenvalue weighted by Crippen LogP contribution is 2.31. The molecule has 2 heterocycles. The van der Waals surface area contributed by atoms with E-state index in [9.17, 15) is 4.79 Å². The summed E-state index contributed by atoms with van der Waals surface area (Å²) >= 11 is 12.1. The van der Waals surface area contributed by atoms with E-state index in [1.165, 1.54) is 0 Å². The number of amides is 1. The number of likely N-dealkylation sites (tertiary alicyclic amines) is 1. The predicted molar refractivity (Wildman–Crippen MR) is 101 cm³/mol. The zero-order valence-corrected chi connectivity index (χ0v) is 16.2. The van der Waals surface area contributed by atoms with Gasteiger partial charge in [0.25, 0.3) is 0 Å². The van der Waals surface area contributed by atoms with E-state index >= 15 is 0 Å². The van der Waals surface area contributed by atoms with Crippen molar-refractivity contribution in [1.29, 1.82) is 0 Å². The van der Waals surface area contributed by atoms with E-state index in [4.69, 9.17) is 27.9 Å². The first-order valence-electron chi connectivity index (χ1n) is 8.74. The Labute approximate surface area is 163 Å². The Morgan fingerprint density at radius 2 is 2.23 bits per heavy atom. The van der Waals surface area contributed by atoms with Crippen LogP contribution in [-0.4, -0.2) is 45.3 Å². The molecule has 8 heteroatoms. The number of aromatic nitrogens is 3. The highest BCUT2D eigenvalue weighted by atomic mass is 35.5. The van der Waals surface area contributed by atoms with Gasteiger partial charge in [0.2, 0.25) is 5.91 Å². The molecule has 1 aliphatic rings. The van der Waals surface area contributed by atoms with Gasteiger partial charge in [-0.3, -0.25) is 4.79 Å². The minimum Gasteiger partial charge on any atom is -0.492 e. The molecular formula is C18H22Cl2N4O2. The maximum atomic E-state index is 12.5. The molecule has 0 aliphatic carbocycles. The van der Waals surface area contributed by atoms with E-state index in [1.807, 2.05) is 16.5 Å². The van der Waals surface area contributed by atoms with Crippen LogP contribution >= 0.6 is 23.2 Å². The van der Waals surface area contributed by atoms with E-state index in [-0.39, 0.29) is 11.8 Å². The Hall–Kier alpha value is -1.79. The summed E-state index contributed by atoms with van der Waals surface area (Å²) in [5.74, 6) is 1.90. The van der Waals surface area contributed by atoms with Gasteiger partial charge >= 0.3 is 0 Å². The molecule has 1 saturated heterocycles. The highest BCUT2D eigenvalue weighted by Gasteiger charge is 2.27. The molecule has 0 radical (unpaired) electrons. The first-order valence-corrected chi connectivity index (χ1v) is 9.50. The van der Waals surface area contributed by atoms with Gasteiger partial charge in [-0.2, -0.15) is 0 Å². The lowest BCUT2D eigenvalue weighted by Gasteiger charge is -2.32. The summed E-state index contributed by atoms with van der Waals surface area (Å²) in [6.07, 6.45) is 4.80. The average Bonchev–Trinajstić information content (AvgIpc) is 3.08. The van der Waals surface area contributed by atoms with Crippen molar-refractivity contribution in [3.8, 4) is 5.75 Å². The second kappa shape index (κ2) is 8.73. The van der Waals surface area contributed by atoms with Gasteiger partial charge in [-0.15, -0.1) is 10.2 Å². The lowest BCUT2D eigenvalue weighted by atomic mass is 9.97. The molecule has 1 aromatic carbocycles. The number of ether oxygens (including phenoxy) is 1. The minimum atomic E-state index is 0.151. The van der Waals surface area contributed by atoms with Crippen LogP contribution in [0.5, 0.6) is 5.75 Å². The minimum absolute atomic E-state index is 0.151. The molecule has 0 bridgehead atoms. The molecule has 0 saturated carbocycles. The van der Waals surface area contributed by atoms with E-state index < -0.39 is 0 Å². The zero-order valence-electron chi connectivity index (χ0n) is 14.7. The number of benzene rings is 1. The van der Waals surface area contributed by atoms with Gasteiger partial charge < -0.3 is 14.2 Å². The first kappa shape index (κ1) is 19.0. The smallest absolute Gasteiger partial charge is 0.222 e. The lowest BCUT2D eigenvalue weighted by molar-refractivity contribution is -0.132. The summed E-state index contributed by atoms with van der Waals surface area (Å²) in [5.41, 5.74) is 0. The largest absolute Gasteiger partial charge is 0.492 e. The Kier molecular flexibility index (Phi) is 6.38. The zero-order chi connectivity index (χ0) is 18.5. The van der Waals surface area contributed by atoms with Gasteiger partial charge in [-0.1, -0.05) is 29.3 Å². The topological polar surface area (TPSA) is 60.2 Å². The Balaban J connectivity index is 1.46. The number of rotatable bonds is 6. The summed E-state index contributed by atoms with van der Waals surface area (Å²) < 4.78 is 7.57. The maximum Gasteiger partial charge on any atom is 0.222 e. The van der Waals surface area contributed by atoms with E-state index in [0.29, 0.717) is 41.8 Å². The van der Waals surface area contributed by atoms with Crippen LogP contribution in [0.15, 0.2) is 24.5 Å². The fourth-order valence-corrected chi connectivity index (χ4v) is 3.58. The van der Waals surface area contributed by atoms with Crippen molar-refractivity contribution in [2.24, 2.45) is 7.05 Å². The van der Waals surface area contributed by atoms with Crippen molar-refractivity contribution >= 4 is 29.1 Å². The van der Waals surface area contributed by atoms with Gasteiger partial charge in [-0.25, -0.2) is 0 Å². The first-order chi connectivity index (χ1) is 12.6. The molecular weight excluding hydrogens is 375 g/mol. The van der Waals surface area contributed by atoms with Gasteiger partial charge in [0.05, 0.1) is 11.6 Å². The number of hydrogen-bond donors (Lipinski definition) is 0. The van der Waals surface area contributed by atoms with Crippen LogP contribution in [0.3, 0.4) is 0 Å². The Morgan fingerprint density at radius 3 is 3.00 bits per heavy atom.